The van der Waals surface area contributed by atoms with Crippen molar-refractivity contribution < 1.29 is 22.3 Å². The molecule has 1 fully saturated rings. The molecule has 0 unspecified atom stereocenters. The molecule has 0 saturated heterocycles. The van der Waals surface area contributed by atoms with Crippen LogP contribution in [0.15, 0.2) is 29.2 Å². The van der Waals surface area contributed by atoms with Gasteiger partial charge in [-0.05, 0) is 50.7 Å². The first kappa shape index (κ1) is 19.8. The Labute approximate surface area is 148 Å². The lowest BCUT2D eigenvalue weighted by Crippen LogP contribution is -2.49. The molecule has 1 amide bonds. The zero-order chi connectivity index (χ0) is 18.4. The number of nitrogens with one attached hydrogen (secondary N) is 2. The van der Waals surface area contributed by atoms with Gasteiger partial charge in [-0.15, -0.1) is 0 Å². The average molecular weight is 372 g/mol. The van der Waals surface area contributed by atoms with Crippen molar-refractivity contribution in [1.29, 1.82) is 0 Å². The molecular weight excluding hydrogens is 347 g/mol. The van der Waals surface area contributed by atoms with Crippen molar-refractivity contribution in [2.45, 2.75) is 49.6 Å². The van der Waals surface area contributed by atoms with Crippen LogP contribution in [0.3, 0.4) is 0 Å². The van der Waals surface area contributed by atoms with Crippen molar-refractivity contribution in [1.82, 2.24) is 10.0 Å². The van der Waals surface area contributed by atoms with E-state index in [0.717, 1.165) is 38.4 Å². The minimum Gasteiger partial charge on any atom is -0.384 e. The van der Waals surface area contributed by atoms with Gasteiger partial charge >= 0.3 is 0 Å². The average Bonchev–Trinajstić information content (AvgIpc) is 2.56. The number of rotatable bonds is 7. The second-order valence-electron chi connectivity index (χ2n) is 6.45. The summed E-state index contributed by atoms with van der Waals surface area (Å²) >= 11 is 0. The molecule has 140 valence electrons. The highest BCUT2D eigenvalue weighted by molar-refractivity contribution is 7.89. The van der Waals surface area contributed by atoms with Gasteiger partial charge in [-0.2, -0.15) is 4.72 Å². The Morgan fingerprint density at radius 1 is 1.28 bits per heavy atom. The van der Waals surface area contributed by atoms with E-state index in [1.807, 2.05) is 0 Å². The molecular formula is C17H25FN2O4S. The zero-order valence-electron chi connectivity index (χ0n) is 14.5. The molecule has 25 heavy (non-hydrogen) atoms. The topological polar surface area (TPSA) is 84.5 Å². The van der Waals surface area contributed by atoms with Gasteiger partial charge < -0.3 is 10.1 Å². The minimum atomic E-state index is -4.09. The Morgan fingerprint density at radius 2 is 1.92 bits per heavy atom. The molecule has 1 saturated carbocycles. The molecule has 2 N–H and O–H groups in total. The Morgan fingerprint density at radius 3 is 2.52 bits per heavy atom. The van der Waals surface area contributed by atoms with Gasteiger partial charge in [0.05, 0.1) is 6.04 Å². The molecule has 6 nitrogen and oxygen atoms in total. The highest BCUT2D eigenvalue weighted by atomic mass is 32.2. The zero-order valence-corrected chi connectivity index (χ0v) is 15.3. The maximum Gasteiger partial charge on any atom is 0.244 e. The molecule has 1 atom stereocenters. The number of hydrogen-bond donors (Lipinski definition) is 2. The minimum absolute atomic E-state index is 0.0287. The third-order valence-electron chi connectivity index (χ3n) is 4.45. The first-order valence-electron chi connectivity index (χ1n) is 8.39. The summed E-state index contributed by atoms with van der Waals surface area (Å²) in [5, 5.41) is 2.87. The van der Waals surface area contributed by atoms with Crippen molar-refractivity contribution in [3.63, 3.8) is 0 Å². The van der Waals surface area contributed by atoms with E-state index in [0.29, 0.717) is 5.92 Å². The van der Waals surface area contributed by atoms with Gasteiger partial charge in [-0.3, -0.25) is 4.79 Å². The monoisotopic (exact) mass is 372 g/mol. The number of amides is 1. The van der Waals surface area contributed by atoms with Crippen molar-refractivity contribution in [2.24, 2.45) is 5.92 Å². The van der Waals surface area contributed by atoms with E-state index in [4.69, 9.17) is 4.74 Å². The number of ether oxygens (including phenoxy) is 1. The number of halogens is 1. The van der Waals surface area contributed by atoms with Crippen LogP contribution in [0.2, 0.25) is 0 Å². The molecule has 0 bridgehead atoms. The summed E-state index contributed by atoms with van der Waals surface area (Å²) in [4.78, 5) is 11.8. The summed E-state index contributed by atoms with van der Waals surface area (Å²) in [6.07, 6.45) is 3.61. The molecule has 1 aromatic carbocycles. The van der Waals surface area contributed by atoms with Crippen LogP contribution in [-0.4, -0.2) is 40.1 Å². The molecule has 0 spiro atoms. The van der Waals surface area contributed by atoms with Crippen LogP contribution in [0, 0.1) is 11.7 Å². The summed E-state index contributed by atoms with van der Waals surface area (Å²) in [6.45, 7) is 2.17. The first-order chi connectivity index (χ1) is 11.8. The molecule has 0 aromatic heterocycles. The summed E-state index contributed by atoms with van der Waals surface area (Å²) in [7, 11) is -2.42. The van der Waals surface area contributed by atoms with Crippen molar-refractivity contribution >= 4 is 15.9 Å². The third kappa shape index (κ3) is 5.49. The van der Waals surface area contributed by atoms with E-state index in [2.05, 4.69) is 10.0 Å². The molecule has 0 aliphatic heterocycles. The number of sulfonamides is 1. The van der Waals surface area contributed by atoms with Gasteiger partial charge in [0.1, 0.15) is 10.7 Å². The van der Waals surface area contributed by atoms with Gasteiger partial charge in [-0.1, -0.05) is 12.1 Å². The van der Waals surface area contributed by atoms with E-state index in [9.17, 15) is 17.6 Å². The molecule has 8 heteroatoms. The maximum absolute atomic E-state index is 13.7. The van der Waals surface area contributed by atoms with Crippen LogP contribution in [0.4, 0.5) is 4.39 Å². The van der Waals surface area contributed by atoms with E-state index >= 15 is 0 Å². The van der Waals surface area contributed by atoms with Gasteiger partial charge in [0.2, 0.25) is 15.9 Å². The largest absolute Gasteiger partial charge is 0.384 e. The van der Waals surface area contributed by atoms with E-state index in [1.165, 1.54) is 25.1 Å². The van der Waals surface area contributed by atoms with Crippen LogP contribution in [0.1, 0.15) is 32.6 Å². The lowest BCUT2D eigenvalue weighted by molar-refractivity contribution is -0.123. The summed E-state index contributed by atoms with van der Waals surface area (Å²) in [5.41, 5.74) is 0. The smallest absolute Gasteiger partial charge is 0.244 e. The van der Waals surface area contributed by atoms with Crippen molar-refractivity contribution in [2.75, 3.05) is 13.7 Å². The van der Waals surface area contributed by atoms with Gasteiger partial charge in [0.25, 0.3) is 0 Å². The number of benzene rings is 1. The van der Waals surface area contributed by atoms with Crippen molar-refractivity contribution in [3.8, 4) is 0 Å². The Hall–Kier alpha value is -1.51. The maximum atomic E-state index is 13.7. The molecule has 2 rings (SSSR count). The lowest BCUT2D eigenvalue weighted by atomic mass is 9.86. The van der Waals surface area contributed by atoms with Crippen LogP contribution in [-0.2, 0) is 19.6 Å². The Kier molecular flexibility index (Phi) is 6.92. The van der Waals surface area contributed by atoms with Gasteiger partial charge in [-0.25, -0.2) is 12.8 Å². The highest BCUT2D eigenvalue weighted by Gasteiger charge is 2.27. The van der Waals surface area contributed by atoms with E-state index in [-0.39, 0.29) is 6.04 Å². The quantitative estimate of drug-likeness (QED) is 0.765. The predicted octanol–water partition coefficient (Wildman–Crippen LogP) is 1.81. The molecule has 1 aromatic rings. The van der Waals surface area contributed by atoms with Gasteiger partial charge in [0.15, 0.2) is 0 Å². The Bertz CT molecular complexity index is 688. The van der Waals surface area contributed by atoms with Crippen LogP contribution >= 0.6 is 0 Å². The SMILES string of the molecule is COCC1CCC(NC(=O)[C@H](C)NS(=O)(=O)c2ccccc2F)CC1. The fourth-order valence-corrected chi connectivity index (χ4v) is 4.33. The third-order valence-corrected chi connectivity index (χ3v) is 6.02. The fourth-order valence-electron chi connectivity index (χ4n) is 3.05. The standard InChI is InChI=1S/C17H25FN2O4S/c1-12(20-25(22,23)16-6-4-3-5-15(16)18)17(21)19-14-9-7-13(8-10-14)11-24-2/h3-6,12-14,20H,7-11H2,1-2H3,(H,19,21)/t12-,13?,14?/m0/s1. The summed E-state index contributed by atoms with van der Waals surface area (Å²) in [6, 6.07) is 4.12. The molecule has 0 radical (unpaired) electrons. The second kappa shape index (κ2) is 8.73. The normalized spacial score (nSPS) is 22.4. The Balaban J connectivity index is 1.89. The summed E-state index contributed by atoms with van der Waals surface area (Å²) in [5.74, 6) is -0.746. The molecule has 1 aliphatic rings. The number of hydrogen-bond acceptors (Lipinski definition) is 4. The van der Waals surface area contributed by atoms with Crippen LogP contribution < -0.4 is 10.0 Å². The number of methoxy groups -OCH3 is 1. The number of carbonyl (C=O) groups is 1. The van der Waals surface area contributed by atoms with E-state index < -0.39 is 32.7 Å². The highest BCUT2D eigenvalue weighted by Crippen LogP contribution is 2.24. The lowest BCUT2D eigenvalue weighted by Gasteiger charge is -2.29. The van der Waals surface area contributed by atoms with Crippen molar-refractivity contribution in [3.05, 3.63) is 30.1 Å². The fraction of sp³-hybridized carbons (Fsp3) is 0.588. The predicted molar refractivity (Wildman–Crippen MR) is 91.9 cm³/mol. The van der Waals surface area contributed by atoms with E-state index in [1.54, 1.807) is 7.11 Å². The van der Waals surface area contributed by atoms with Crippen LogP contribution in [0.5, 0.6) is 0 Å². The first-order valence-corrected chi connectivity index (χ1v) is 9.88. The number of carbonyl (C=O) groups excluding carboxylic acids is 1. The summed E-state index contributed by atoms with van der Waals surface area (Å²) < 4.78 is 45.5. The second-order valence-corrected chi connectivity index (χ2v) is 8.14. The molecule has 1 aliphatic carbocycles. The molecule has 0 heterocycles. The van der Waals surface area contributed by atoms with Crippen LogP contribution in [0.25, 0.3) is 0 Å². The van der Waals surface area contributed by atoms with Gasteiger partial charge in [0, 0.05) is 19.8 Å².